The number of carbonyl (C=O) groups is 2. The van der Waals surface area contributed by atoms with Gasteiger partial charge in [-0.2, -0.15) is 5.10 Å². The molecular weight excluding hydrogens is 282 g/mol. The molecule has 0 saturated carbocycles. The van der Waals surface area contributed by atoms with Gasteiger partial charge in [-0.25, -0.2) is 5.43 Å². The van der Waals surface area contributed by atoms with Crippen LogP contribution in [0.4, 0.5) is 5.69 Å². The predicted octanol–water partition coefficient (Wildman–Crippen LogP) is 2.62. The van der Waals surface area contributed by atoms with Gasteiger partial charge in [-0.05, 0) is 37.6 Å². The molecule has 0 radical (unpaired) electrons. The number of nitrogens with one attached hydrogen (secondary N) is 2. The van der Waals surface area contributed by atoms with E-state index in [2.05, 4.69) is 15.8 Å². The fourth-order valence-electron chi connectivity index (χ4n) is 1.94. The van der Waals surface area contributed by atoms with Crippen molar-refractivity contribution in [2.45, 2.75) is 20.8 Å². The molecular formula is C16H17N3O3. The van der Waals surface area contributed by atoms with E-state index in [0.29, 0.717) is 22.8 Å². The van der Waals surface area contributed by atoms with E-state index >= 15 is 0 Å². The van der Waals surface area contributed by atoms with Crippen molar-refractivity contribution in [2.24, 2.45) is 5.10 Å². The van der Waals surface area contributed by atoms with Crippen molar-refractivity contribution >= 4 is 23.7 Å². The molecule has 2 amide bonds. The summed E-state index contributed by atoms with van der Waals surface area (Å²) in [5.74, 6) is 0.796. The zero-order chi connectivity index (χ0) is 16.1. The minimum absolute atomic E-state index is 0.126. The minimum atomic E-state index is -0.319. The highest BCUT2D eigenvalue weighted by Gasteiger charge is 2.12. The van der Waals surface area contributed by atoms with Crippen molar-refractivity contribution in [1.82, 2.24) is 5.43 Å². The van der Waals surface area contributed by atoms with Crippen LogP contribution in [0.25, 0.3) is 0 Å². The zero-order valence-corrected chi connectivity index (χ0v) is 12.6. The molecule has 0 aliphatic rings. The molecule has 0 atom stereocenters. The van der Waals surface area contributed by atoms with Crippen LogP contribution in [-0.2, 0) is 4.79 Å². The van der Waals surface area contributed by atoms with Gasteiger partial charge in [-0.3, -0.25) is 9.59 Å². The molecule has 0 spiro atoms. The van der Waals surface area contributed by atoms with Crippen LogP contribution in [0.5, 0.6) is 0 Å². The second-order valence-corrected chi connectivity index (χ2v) is 4.83. The highest BCUT2D eigenvalue weighted by Crippen LogP contribution is 2.13. The van der Waals surface area contributed by atoms with Gasteiger partial charge in [-0.1, -0.05) is 12.1 Å². The van der Waals surface area contributed by atoms with Crippen molar-refractivity contribution in [3.8, 4) is 0 Å². The van der Waals surface area contributed by atoms with Crippen LogP contribution in [0, 0.1) is 13.8 Å². The number of furan rings is 1. The first kappa shape index (κ1) is 15.5. The normalized spacial score (nSPS) is 10.7. The van der Waals surface area contributed by atoms with Gasteiger partial charge in [0.05, 0.1) is 11.8 Å². The maximum Gasteiger partial charge on any atom is 0.274 e. The van der Waals surface area contributed by atoms with Crippen LogP contribution in [0.3, 0.4) is 0 Å². The highest BCUT2D eigenvalue weighted by atomic mass is 16.3. The number of aryl methyl sites for hydroxylation is 2. The molecule has 0 aliphatic heterocycles. The number of benzene rings is 1. The summed E-state index contributed by atoms with van der Waals surface area (Å²) >= 11 is 0. The third-order valence-corrected chi connectivity index (χ3v) is 2.90. The maximum atomic E-state index is 11.9. The van der Waals surface area contributed by atoms with Crippen molar-refractivity contribution < 1.29 is 14.0 Å². The third-order valence-electron chi connectivity index (χ3n) is 2.90. The Hall–Kier alpha value is -2.89. The molecule has 2 N–H and O–H groups in total. The molecule has 6 nitrogen and oxygen atoms in total. The highest BCUT2D eigenvalue weighted by molar-refractivity contribution is 5.96. The lowest BCUT2D eigenvalue weighted by atomic mass is 10.2. The summed E-state index contributed by atoms with van der Waals surface area (Å²) in [4.78, 5) is 22.8. The largest absolute Gasteiger partial charge is 0.466 e. The van der Waals surface area contributed by atoms with Crippen LogP contribution in [0.15, 0.2) is 39.9 Å². The Morgan fingerprint density at radius 2 is 1.86 bits per heavy atom. The Morgan fingerprint density at radius 1 is 1.18 bits per heavy atom. The minimum Gasteiger partial charge on any atom is -0.466 e. The summed E-state index contributed by atoms with van der Waals surface area (Å²) in [5, 5.41) is 6.58. The van der Waals surface area contributed by atoms with Gasteiger partial charge in [0.2, 0.25) is 5.91 Å². The molecule has 22 heavy (non-hydrogen) atoms. The molecule has 1 heterocycles. The first-order valence-corrected chi connectivity index (χ1v) is 6.74. The summed E-state index contributed by atoms with van der Waals surface area (Å²) in [5.41, 5.74) is 4.42. The van der Waals surface area contributed by atoms with Crippen LogP contribution in [0.1, 0.15) is 34.4 Å². The van der Waals surface area contributed by atoms with Crippen molar-refractivity contribution in [3.05, 3.63) is 53.0 Å². The van der Waals surface area contributed by atoms with Crippen LogP contribution >= 0.6 is 0 Å². The van der Waals surface area contributed by atoms with Gasteiger partial charge in [0.1, 0.15) is 11.5 Å². The molecule has 0 fully saturated rings. The fourth-order valence-corrected chi connectivity index (χ4v) is 1.94. The number of hydrogen-bond acceptors (Lipinski definition) is 4. The lowest BCUT2D eigenvalue weighted by Crippen LogP contribution is -2.17. The van der Waals surface area contributed by atoms with Gasteiger partial charge in [0.15, 0.2) is 0 Å². The summed E-state index contributed by atoms with van der Waals surface area (Å²) < 4.78 is 5.30. The smallest absolute Gasteiger partial charge is 0.274 e. The number of hydrogen-bond donors (Lipinski definition) is 2. The van der Waals surface area contributed by atoms with Crippen molar-refractivity contribution in [3.63, 3.8) is 0 Å². The molecule has 1 aromatic carbocycles. The van der Waals surface area contributed by atoms with E-state index < -0.39 is 0 Å². The summed E-state index contributed by atoms with van der Waals surface area (Å²) in [6, 6.07) is 8.76. The van der Waals surface area contributed by atoms with Crippen LogP contribution in [0.2, 0.25) is 0 Å². The predicted molar refractivity (Wildman–Crippen MR) is 84.0 cm³/mol. The first-order chi connectivity index (χ1) is 10.5. The molecule has 6 heteroatoms. The van der Waals surface area contributed by atoms with E-state index in [0.717, 1.165) is 5.56 Å². The second-order valence-electron chi connectivity index (χ2n) is 4.83. The number of amides is 2. The molecule has 114 valence electrons. The van der Waals surface area contributed by atoms with Crippen molar-refractivity contribution in [2.75, 3.05) is 5.32 Å². The Labute approximate surface area is 128 Å². The average molecular weight is 299 g/mol. The Balaban J connectivity index is 1.96. The van der Waals surface area contributed by atoms with Gasteiger partial charge in [-0.15, -0.1) is 0 Å². The summed E-state index contributed by atoms with van der Waals surface area (Å²) in [7, 11) is 0. The summed E-state index contributed by atoms with van der Waals surface area (Å²) in [6.07, 6.45) is 1.53. The lowest BCUT2D eigenvalue weighted by Gasteiger charge is -2.01. The van der Waals surface area contributed by atoms with Crippen LogP contribution in [-0.4, -0.2) is 18.0 Å². The molecule has 0 aliphatic carbocycles. The second kappa shape index (κ2) is 6.71. The van der Waals surface area contributed by atoms with E-state index in [1.807, 2.05) is 0 Å². The Bertz CT molecular complexity index is 715. The number of rotatable bonds is 4. The van der Waals surface area contributed by atoms with E-state index in [4.69, 9.17) is 4.42 Å². The van der Waals surface area contributed by atoms with Crippen LogP contribution < -0.4 is 10.7 Å². The molecule has 0 bridgehead atoms. The number of carbonyl (C=O) groups excluding carboxylic acids is 2. The van der Waals surface area contributed by atoms with Crippen molar-refractivity contribution in [1.29, 1.82) is 0 Å². The third kappa shape index (κ3) is 4.05. The summed E-state index contributed by atoms with van der Waals surface area (Å²) in [6.45, 7) is 4.96. The zero-order valence-electron chi connectivity index (χ0n) is 12.6. The van der Waals surface area contributed by atoms with E-state index in [1.54, 1.807) is 44.2 Å². The molecule has 1 aromatic heterocycles. The monoisotopic (exact) mass is 299 g/mol. The maximum absolute atomic E-state index is 11.9. The van der Waals surface area contributed by atoms with Gasteiger partial charge in [0.25, 0.3) is 5.91 Å². The number of nitrogens with zero attached hydrogens (tertiary/aromatic N) is 1. The number of hydrazone groups is 1. The first-order valence-electron chi connectivity index (χ1n) is 6.74. The Kier molecular flexibility index (Phi) is 4.73. The number of anilines is 1. The topological polar surface area (TPSA) is 83.7 Å². The lowest BCUT2D eigenvalue weighted by molar-refractivity contribution is -0.114. The standard InChI is InChI=1S/C16H17N3O3/c1-10-8-15(11(2)22-10)16(21)19-17-9-13-4-6-14(7-5-13)18-12(3)20/h4-9H,1-3H3,(H,18,20)(H,19,21). The van der Waals surface area contributed by atoms with E-state index in [-0.39, 0.29) is 11.8 Å². The molecule has 0 saturated heterocycles. The molecule has 2 aromatic rings. The molecule has 2 rings (SSSR count). The molecule has 0 unspecified atom stereocenters. The SMILES string of the molecule is CC(=O)Nc1ccc(C=NNC(=O)c2cc(C)oc2C)cc1. The van der Waals surface area contributed by atoms with Gasteiger partial charge >= 0.3 is 0 Å². The van der Waals surface area contributed by atoms with Gasteiger partial charge in [0, 0.05) is 12.6 Å². The fraction of sp³-hybridized carbons (Fsp3) is 0.188. The van der Waals surface area contributed by atoms with E-state index in [1.165, 1.54) is 13.1 Å². The Morgan fingerprint density at radius 3 is 2.41 bits per heavy atom. The average Bonchev–Trinajstić information content (AvgIpc) is 2.79. The quantitative estimate of drug-likeness (QED) is 0.672. The van der Waals surface area contributed by atoms with Gasteiger partial charge < -0.3 is 9.73 Å². The van der Waals surface area contributed by atoms with E-state index in [9.17, 15) is 9.59 Å².